The summed E-state index contributed by atoms with van der Waals surface area (Å²) in [5.41, 5.74) is -0.207. The Morgan fingerprint density at radius 3 is 2.15 bits per heavy atom. The number of anilines is 1. The topological polar surface area (TPSA) is 74.7 Å². The Kier molecular flexibility index (Phi) is 6.13. The molecule has 0 aromatic heterocycles. The zero-order valence-corrected chi connectivity index (χ0v) is 16.5. The van der Waals surface area contributed by atoms with Gasteiger partial charge in [-0.15, -0.1) is 11.8 Å². The predicted molar refractivity (Wildman–Crippen MR) is 102 cm³/mol. The van der Waals surface area contributed by atoms with Gasteiger partial charge in [-0.1, -0.05) is 11.6 Å². The summed E-state index contributed by atoms with van der Waals surface area (Å²) in [6, 6.07) is 2.76. The molecule has 5 nitrogen and oxygen atoms in total. The van der Waals surface area contributed by atoms with Gasteiger partial charge < -0.3 is 5.11 Å². The standard InChI is InChI=1S/C17H15ClFNO2S.CHClO2/c18-12-7-13(19)14(8-15(12)23-9-5-6-9)20-16(21)10-3-1-2-4-11(10)17(20)22;2-1(3)4/h7-9H,1-6H2;(H,3,4). The second kappa shape index (κ2) is 8.20. The van der Waals surface area contributed by atoms with E-state index >= 15 is 0 Å². The molecule has 0 radical (unpaired) electrons. The zero-order chi connectivity index (χ0) is 19.7. The lowest BCUT2D eigenvalue weighted by atomic mass is 9.93. The van der Waals surface area contributed by atoms with Crippen LogP contribution >= 0.6 is 35.0 Å². The summed E-state index contributed by atoms with van der Waals surface area (Å²) in [5.74, 6) is -1.36. The van der Waals surface area contributed by atoms with Crippen molar-refractivity contribution in [1.82, 2.24) is 0 Å². The van der Waals surface area contributed by atoms with Crippen LogP contribution in [0, 0.1) is 5.82 Å². The van der Waals surface area contributed by atoms with Crippen molar-refractivity contribution in [1.29, 1.82) is 0 Å². The van der Waals surface area contributed by atoms with Crippen LogP contribution in [0.25, 0.3) is 0 Å². The molecular formula is C18H16Cl2FNO4S. The molecule has 0 spiro atoms. The van der Waals surface area contributed by atoms with E-state index in [-0.39, 0.29) is 17.5 Å². The first-order chi connectivity index (χ1) is 12.8. The molecule has 144 valence electrons. The number of rotatable bonds is 3. The fraction of sp³-hybridized carbons (Fsp3) is 0.389. The smallest absolute Gasteiger partial charge is 0.401 e. The van der Waals surface area contributed by atoms with Gasteiger partial charge in [-0.3, -0.25) is 9.59 Å². The molecule has 0 atom stereocenters. The number of amides is 2. The zero-order valence-electron chi connectivity index (χ0n) is 14.1. The van der Waals surface area contributed by atoms with Crippen molar-refractivity contribution in [2.45, 2.75) is 48.7 Å². The molecule has 27 heavy (non-hydrogen) atoms. The lowest BCUT2D eigenvalue weighted by Crippen LogP contribution is -2.32. The summed E-state index contributed by atoms with van der Waals surface area (Å²) in [6.07, 6.45) is 5.25. The number of nitrogens with zero attached hydrogens (tertiary/aromatic N) is 1. The van der Waals surface area contributed by atoms with Crippen LogP contribution in [0.5, 0.6) is 0 Å². The Labute approximate surface area is 169 Å². The van der Waals surface area contributed by atoms with E-state index in [1.165, 1.54) is 6.07 Å². The first-order valence-corrected chi connectivity index (χ1v) is 10.1. The number of thioether (sulfide) groups is 1. The highest BCUT2D eigenvalue weighted by molar-refractivity contribution is 8.00. The molecule has 3 aliphatic rings. The summed E-state index contributed by atoms with van der Waals surface area (Å²) in [7, 11) is 0. The molecule has 1 heterocycles. The first kappa shape index (κ1) is 20.2. The minimum Gasteiger partial charge on any atom is -0.469 e. The quantitative estimate of drug-likeness (QED) is 0.513. The van der Waals surface area contributed by atoms with Crippen LogP contribution in [0.4, 0.5) is 14.9 Å². The summed E-state index contributed by atoms with van der Waals surface area (Å²) in [5, 5.41) is 8.02. The van der Waals surface area contributed by atoms with Gasteiger partial charge in [-0.05, 0) is 50.7 Å². The Hall–Kier alpha value is -1.57. The molecule has 4 rings (SSSR count). The molecule has 1 aromatic carbocycles. The second-order valence-electron chi connectivity index (χ2n) is 6.41. The molecule has 0 saturated heterocycles. The maximum Gasteiger partial charge on any atom is 0.401 e. The van der Waals surface area contributed by atoms with Crippen LogP contribution in [0.2, 0.25) is 5.02 Å². The highest BCUT2D eigenvalue weighted by Gasteiger charge is 2.41. The van der Waals surface area contributed by atoms with E-state index in [9.17, 15) is 14.0 Å². The third kappa shape index (κ3) is 4.47. The Morgan fingerprint density at radius 1 is 1.15 bits per heavy atom. The van der Waals surface area contributed by atoms with Crippen LogP contribution in [0.1, 0.15) is 38.5 Å². The van der Waals surface area contributed by atoms with Gasteiger partial charge in [0.05, 0.1) is 10.7 Å². The van der Waals surface area contributed by atoms with E-state index in [0.29, 0.717) is 34.3 Å². The van der Waals surface area contributed by atoms with Gasteiger partial charge in [0.15, 0.2) is 0 Å². The average molecular weight is 432 g/mol. The molecule has 1 fully saturated rings. The van der Waals surface area contributed by atoms with E-state index in [1.807, 2.05) is 0 Å². The number of carbonyl (C=O) groups is 3. The van der Waals surface area contributed by atoms with Crippen molar-refractivity contribution in [2.24, 2.45) is 0 Å². The van der Waals surface area contributed by atoms with E-state index in [0.717, 1.165) is 35.5 Å². The molecule has 1 saturated carbocycles. The number of imide groups is 1. The molecule has 1 aromatic rings. The van der Waals surface area contributed by atoms with Crippen LogP contribution in [0.3, 0.4) is 0 Å². The largest absolute Gasteiger partial charge is 0.469 e. The van der Waals surface area contributed by atoms with Crippen molar-refractivity contribution >= 4 is 57.9 Å². The number of hydrogen-bond acceptors (Lipinski definition) is 4. The van der Waals surface area contributed by atoms with Gasteiger partial charge in [0.2, 0.25) is 0 Å². The Balaban J connectivity index is 0.000000481. The second-order valence-corrected chi connectivity index (χ2v) is 8.49. The highest BCUT2D eigenvalue weighted by Crippen LogP contribution is 2.45. The maximum absolute atomic E-state index is 14.4. The van der Waals surface area contributed by atoms with Gasteiger partial charge in [0, 0.05) is 32.9 Å². The summed E-state index contributed by atoms with van der Waals surface area (Å²) in [4.78, 5) is 35.6. The number of carboxylic acid groups (broad SMARTS) is 1. The molecule has 1 aliphatic heterocycles. The average Bonchev–Trinajstić information content (AvgIpc) is 3.38. The normalized spacial score (nSPS) is 19.0. The lowest BCUT2D eigenvalue weighted by molar-refractivity contribution is -0.120. The summed E-state index contributed by atoms with van der Waals surface area (Å²) >= 11 is 11.9. The van der Waals surface area contributed by atoms with Gasteiger partial charge in [0.1, 0.15) is 5.82 Å². The van der Waals surface area contributed by atoms with Gasteiger partial charge in [-0.2, -0.15) is 0 Å². The highest BCUT2D eigenvalue weighted by atomic mass is 35.5. The minimum atomic E-state index is -1.36. The Bertz CT molecular complexity index is 822. The number of benzene rings is 1. The van der Waals surface area contributed by atoms with Crippen molar-refractivity contribution in [3.63, 3.8) is 0 Å². The third-order valence-corrected chi connectivity index (χ3v) is 6.27. The van der Waals surface area contributed by atoms with Gasteiger partial charge >= 0.3 is 5.43 Å². The monoisotopic (exact) mass is 431 g/mol. The lowest BCUT2D eigenvalue weighted by Gasteiger charge is -2.17. The van der Waals surface area contributed by atoms with Crippen LogP contribution in [-0.2, 0) is 9.59 Å². The third-order valence-electron chi connectivity index (χ3n) is 4.45. The molecule has 1 N–H and O–H groups in total. The van der Waals surface area contributed by atoms with Crippen molar-refractivity contribution < 1.29 is 23.9 Å². The fourth-order valence-corrected chi connectivity index (χ4v) is 4.47. The van der Waals surface area contributed by atoms with Crippen molar-refractivity contribution in [3.05, 3.63) is 34.1 Å². The first-order valence-electron chi connectivity index (χ1n) is 8.44. The number of hydrogen-bond donors (Lipinski definition) is 1. The van der Waals surface area contributed by atoms with E-state index < -0.39 is 11.2 Å². The SMILES string of the molecule is O=C(O)Cl.O=C1C2=C(CCCC2)C(=O)N1c1cc(SC2CC2)c(Cl)cc1F. The van der Waals surface area contributed by atoms with Gasteiger partial charge in [0.25, 0.3) is 11.8 Å². The van der Waals surface area contributed by atoms with E-state index in [1.54, 1.807) is 17.8 Å². The van der Waals surface area contributed by atoms with Gasteiger partial charge in [-0.25, -0.2) is 14.1 Å². The summed E-state index contributed by atoms with van der Waals surface area (Å²) < 4.78 is 14.4. The molecule has 0 bridgehead atoms. The molecule has 2 amide bonds. The fourth-order valence-electron chi connectivity index (χ4n) is 3.10. The maximum atomic E-state index is 14.4. The van der Waals surface area contributed by atoms with E-state index in [2.05, 4.69) is 11.6 Å². The Morgan fingerprint density at radius 2 is 1.67 bits per heavy atom. The summed E-state index contributed by atoms with van der Waals surface area (Å²) in [6.45, 7) is 0. The van der Waals surface area contributed by atoms with E-state index in [4.69, 9.17) is 21.5 Å². The van der Waals surface area contributed by atoms with Crippen LogP contribution < -0.4 is 4.90 Å². The number of halogens is 3. The molecule has 2 aliphatic carbocycles. The number of carbonyl (C=O) groups excluding carboxylic acids is 2. The predicted octanol–water partition coefficient (Wildman–Crippen LogP) is 5.38. The van der Waals surface area contributed by atoms with Crippen LogP contribution in [-0.4, -0.2) is 27.6 Å². The van der Waals surface area contributed by atoms with Crippen molar-refractivity contribution in [3.8, 4) is 0 Å². The molecular weight excluding hydrogens is 416 g/mol. The molecule has 9 heteroatoms. The minimum absolute atomic E-state index is 0.0296. The van der Waals surface area contributed by atoms with Crippen molar-refractivity contribution in [2.75, 3.05) is 4.90 Å². The molecule has 0 unspecified atom stereocenters. The van der Waals surface area contributed by atoms with Crippen LogP contribution in [0.15, 0.2) is 28.2 Å².